The second kappa shape index (κ2) is 5.07. The molecule has 0 fully saturated rings. The summed E-state index contributed by atoms with van der Waals surface area (Å²) in [6.45, 7) is 0.240. The molecule has 0 saturated carbocycles. The predicted molar refractivity (Wildman–Crippen MR) is 63.4 cm³/mol. The topological polar surface area (TPSA) is 95.2 Å². The molecule has 0 unspecified atom stereocenters. The van der Waals surface area contributed by atoms with Crippen molar-refractivity contribution in [3.8, 4) is 0 Å². The van der Waals surface area contributed by atoms with Gasteiger partial charge in [-0.15, -0.1) is 0 Å². The van der Waals surface area contributed by atoms with Crippen LogP contribution in [0, 0.1) is 0 Å². The average Bonchev–Trinajstić information content (AvgIpc) is 2.11. The third-order valence-corrected chi connectivity index (χ3v) is 3.31. The van der Waals surface area contributed by atoms with Crippen LogP contribution in [-0.4, -0.2) is 31.8 Å². The fourth-order valence-corrected chi connectivity index (χ4v) is 1.99. The zero-order chi connectivity index (χ0) is 12.3. The van der Waals surface area contributed by atoms with E-state index in [1.165, 1.54) is 7.11 Å². The molecule has 1 rings (SSSR count). The van der Waals surface area contributed by atoms with Crippen LogP contribution in [0.15, 0.2) is 4.47 Å². The van der Waals surface area contributed by atoms with Gasteiger partial charge in [0, 0.05) is 13.4 Å². The van der Waals surface area contributed by atoms with E-state index in [2.05, 4.69) is 25.9 Å². The largest absolute Gasteiger partial charge is 0.383 e. The highest BCUT2D eigenvalue weighted by atomic mass is 79.9. The van der Waals surface area contributed by atoms with Crippen molar-refractivity contribution < 1.29 is 13.2 Å². The van der Waals surface area contributed by atoms with Gasteiger partial charge in [0.25, 0.3) is 0 Å². The van der Waals surface area contributed by atoms with Crippen LogP contribution in [0.5, 0.6) is 0 Å². The minimum Gasteiger partial charge on any atom is -0.383 e. The van der Waals surface area contributed by atoms with Gasteiger partial charge in [0.2, 0.25) is 0 Å². The molecule has 90 valence electrons. The maximum Gasteiger partial charge on any atom is 0.154 e. The van der Waals surface area contributed by atoms with E-state index in [0.29, 0.717) is 10.2 Å². The highest BCUT2D eigenvalue weighted by molar-refractivity contribution is 9.10. The van der Waals surface area contributed by atoms with Crippen molar-refractivity contribution in [1.82, 2.24) is 9.97 Å². The number of ether oxygens (including phenoxy) is 1. The first-order valence-corrected chi connectivity index (χ1v) is 7.16. The molecule has 0 aromatic carbocycles. The van der Waals surface area contributed by atoms with E-state index in [1.54, 1.807) is 0 Å². The Bertz CT molecular complexity index is 490. The number of hydrogen-bond donors (Lipinski definition) is 1. The van der Waals surface area contributed by atoms with Crippen molar-refractivity contribution in [3.63, 3.8) is 0 Å². The summed E-state index contributed by atoms with van der Waals surface area (Å²) in [5.41, 5.74) is 6.16. The van der Waals surface area contributed by atoms with Gasteiger partial charge in [0.05, 0.1) is 16.8 Å². The molecule has 0 spiro atoms. The van der Waals surface area contributed by atoms with Crippen molar-refractivity contribution in [2.75, 3.05) is 19.1 Å². The molecule has 0 aliphatic heterocycles. The van der Waals surface area contributed by atoms with Crippen LogP contribution < -0.4 is 5.73 Å². The quantitative estimate of drug-likeness (QED) is 0.871. The molecule has 0 radical (unpaired) electrons. The molecular weight excluding hydrogens is 298 g/mol. The summed E-state index contributed by atoms with van der Waals surface area (Å²) in [5.74, 6) is 0.150. The Morgan fingerprint density at radius 2 is 2.06 bits per heavy atom. The van der Waals surface area contributed by atoms with Gasteiger partial charge in [-0.05, 0) is 15.9 Å². The van der Waals surface area contributed by atoms with E-state index >= 15 is 0 Å². The lowest BCUT2D eigenvalue weighted by atomic mass is 10.4. The average molecular weight is 310 g/mol. The van der Waals surface area contributed by atoms with Crippen LogP contribution in [-0.2, 0) is 26.9 Å². The number of hydrogen-bond acceptors (Lipinski definition) is 6. The maximum atomic E-state index is 11.1. The van der Waals surface area contributed by atoms with Gasteiger partial charge < -0.3 is 10.5 Å². The van der Waals surface area contributed by atoms with Gasteiger partial charge in [0.1, 0.15) is 17.4 Å². The van der Waals surface area contributed by atoms with Gasteiger partial charge >= 0.3 is 0 Å². The summed E-state index contributed by atoms with van der Waals surface area (Å²) in [6.07, 6.45) is 1.12. The van der Waals surface area contributed by atoms with Gasteiger partial charge in [0.15, 0.2) is 9.84 Å². The van der Waals surface area contributed by atoms with E-state index in [0.717, 1.165) is 6.26 Å². The Morgan fingerprint density at radius 3 is 2.56 bits per heavy atom. The molecule has 16 heavy (non-hydrogen) atoms. The number of anilines is 1. The second-order valence-corrected chi connectivity index (χ2v) is 6.22. The van der Waals surface area contributed by atoms with Crippen molar-refractivity contribution in [1.29, 1.82) is 0 Å². The van der Waals surface area contributed by atoms with Crippen molar-refractivity contribution in [3.05, 3.63) is 16.0 Å². The molecule has 1 aromatic rings. The van der Waals surface area contributed by atoms with Crippen LogP contribution in [0.1, 0.15) is 11.5 Å². The van der Waals surface area contributed by atoms with Crippen LogP contribution >= 0.6 is 15.9 Å². The third-order valence-electron chi connectivity index (χ3n) is 1.66. The first-order valence-electron chi connectivity index (χ1n) is 4.31. The fraction of sp³-hybridized carbons (Fsp3) is 0.500. The molecule has 2 N–H and O–H groups in total. The number of halogens is 1. The van der Waals surface area contributed by atoms with E-state index < -0.39 is 9.84 Å². The summed E-state index contributed by atoms with van der Waals surface area (Å²) in [4.78, 5) is 7.95. The van der Waals surface area contributed by atoms with Gasteiger partial charge in [-0.3, -0.25) is 0 Å². The van der Waals surface area contributed by atoms with E-state index in [9.17, 15) is 8.42 Å². The number of rotatable bonds is 4. The number of methoxy groups -OCH3 is 1. The lowest BCUT2D eigenvalue weighted by Gasteiger charge is -2.07. The minimum absolute atomic E-state index is 0.176. The van der Waals surface area contributed by atoms with Gasteiger partial charge in [-0.2, -0.15) is 0 Å². The second-order valence-electron chi connectivity index (χ2n) is 3.29. The Kier molecular flexibility index (Phi) is 4.22. The number of nitrogens with two attached hydrogens (primary N) is 1. The Labute approximate surface area is 102 Å². The highest BCUT2D eigenvalue weighted by Crippen LogP contribution is 2.22. The van der Waals surface area contributed by atoms with Crippen LogP contribution in [0.3, 0.4) is 0 Å². The molecule has 0 bridgehead atoms. The number of aromatic nitrogens is 2. The van der Waals surface area contributed by atoms with Crippen molar-refractivity contribution in [2.24, 2.45) is 0 Å². The predicted octanol–water partition coefficient (Wildman–Crippen LogP) is 0.512. The normalized spacial score (nSPS) is 11.7. The molecule has 6 nitrogen and oxygen atoms in total. The van der Waals surface area contributed by atoms with Crippen molar-refractivity contribution >= 4 is 31.6 Å². The van der Waals surface area contributed by atoms with Gasteiger partial charge in [-0.1, -0.05) is 0 Å². The molecule has 0 saturated heterocycles. The Balaban J connectivity index is 3.13. The lowest BCUT2D eigenvalue weighted by molar-refractivity contribution is 0.180. The molecule has 0 aliphatic rings. The van der Waals surface area contributed by atoms with Crippen LogP contribution in [0.2, 0.25) is 0 Å². The molecule has 1 aromatic heterocycles. The Hall–Kier alpha value is -0.730. The first-order chi connectivity index (χ1) is 7.33. The third kappa shape index (κ3) is 3.69. The van der Waals surface area contributed by atoms with E-state index in [4.69, 9.17) is 10.5 Å². The minimum atomic E-state index is -3.18. The monoisotopic (exact) mass is 309 g/mol. The Morgan fingerprint density at radius 1 is 1.44 bits per heavy atom. The molecule has 8 heteroatoms. The fourth-order valence-electron chi connectivity index (χ4n) is 1.10. The smallest absolute Gasteiger partial charge is 0.154 e. The first kappa shape index (κ1) is 13.3. The molecule has 0 atom stereocenters. The maximum absolute atomic E-state index is 11.1. The summed E-state index contributed by atoms with van der Waals surface area (Å²) in [6, 6.07) is 0. The zero-order valence-corrected chi connectivity index (χ0v) is 11.3. The highest BCUT2D eigenvalue weighted by Gasteiger charge is 2.13. The summed E-state index contributed by atoms with van der Waals surface area (Å²) >= 11 is 3.22. The molecule has 1 heterocycles. The van der Waals surface area contributed by atoms with Gasteiger partial charge in [-0.25, -0.2) is 18.4 Å². The lowest BCUT2D eigenvalue weighted by Crippen LogP contribution is -2.10. The summed E-state index contributed by atoms with van der Waals surface area (Å²) in [7, 11) is -1.66. The van der Waals surface area contributed by atoms with E-state index in [1.807, 2.05) is 0 Å². The van der Waals surface area contributed by atoms with Crippen molar-refractivity contribution in [2.45, 2.75) is 12.4 Å². The molecule has 0 aliphatic carbocycles. The van der Waals surface area contributed by atoms with E-state index in [-0.39, 0.29) is 24.0 Å². The van der Waals surface area contributed by atoms with Crippen LogP contribution in [0.4, 0.5) is 5.82 Å². The zero-order valence-electron chi connectivity index (χ0n) is 8.90. The summed E-state index contributed by atoms with van der Waals surface area (Å²) < 4.78 is 27.7. The van der Waals surface area contributed by atoms with Crippen LogP contribution in [0.25, 0.3) is 0 Å². The number of nitrogen functional groups attached to an aromatic ring is 1. The number of nitrogens with zero attached hydrogens (tertiary/aromatic N) is 2. The SMILES string of the molecule is COCc1nc(CS(C)(=O)=O)nc(N)c1Br. The summed E-state index contributed by atoms with van der Waals surface area (Å²) in [5, 5.41) is 0. The molecule has 0 amide bonds. The standard InChI is InChI=1S/C8H12BrN3O3S/c1-15-3-5-7(9)8(10)12-6(11-5)4-16(2,13)14/h3-4H2,1-2H3,(H2,10,11,12). The number of sulfone groups is 1. The molecular formula is C8H12BrN3O3S.